The second-order valence-corrected chi connectivity index (χ2v) is 7.74. The molecule has 0 aliphatic carbocycles. The molecule has 0 radical (unpaired) electrons. The van der Waals surface area contributed by atoms with Crippen LogP contribution in [0.15, 0.2) is 89.4 Å². The topological polar surface area (TPSA) is 30.2 Å². The van der Waals surface area contributed by atoms with Crippen molar-refractivity contribution in [2.75, 3.05) is 0 Å². The third-order valence-electron chi connectivity index (χ3n) is 5.38. The lowest BCUT2D eigenvalue weighted by Gasteiger charge is -2.11. The predicted molar refractivity (Wildman–Crippen MR) is 119 cm³/mol. The van der Waals surface area contributed by atoms with Gasteiger partial charge in [-0.2, -0.15) is 0 Å². The number of hydrogen-bond donors (Lipinski definition) is 0. The van der Waals surface area contributed by atoms with Gasteiger partial charge < -0.3 is 0 Å². The lowest BCUT2D eigenvalue weighted by molar-refractivity contribution is 1.12. The Kier molecular flexibility index (Phi) is 3.31. The lowest BCUT2D eigenvalue weighted by atomic mass is 10.0. The maximum atomic E-state index is 4.64. The molecule has 0 N–H and O–H groups in total. The molecule has 0 aliphatic rings. The first-order valence-corrected chi connectivity index (χ1v) is 9.94. The zero-order valence-electron chi connectivity index (χ0n) is 14.8. The number of halogens is 1. The minimum atomic E-state index is 0.862. The Morgan fingerprint density at radius 1 is 0.571 bits per heavy atom. The fraction of sp³-hybridized carbons (Fsp3) is 0. The zero-order chi connectivity index (χ0) is 18.7. The Bertz CT molecular complexity index is 1530. The highest BCUT2D eigenvalue weighted by atomic mass is 79.9. The van der Waals surface area contributed by atoms with Gasteiger partial charge in [0.1, 0.15) is 0 Å². The highest BCUT2D eigenvalue weighted by molar-refractivity contribution is 9.10. The Morgan fingerprint density at radius 2 is 1.21 bits per heavy atom. The summed E-state index contributed by atoms with van der Waals surface area (Å²) in [7, 11) is 0. The van der Waals surface area contributed by atoms with Crippen molar-refractivity contribution in [1.29, 1.82) is 0 Å². The largest absolute Gasteiger partial charge is 0.274 e. The van der Waals surface area contributed by atoms with Crippen LogP contribution in [0.3, 0.4) is 0 Å². The third-order valence-corrected chi connectivity index (χ3v) is 6.07. The summed E-state index contributed by atoms with van der Waals surface area (Å²) in [4.78, 5) is 0. The van der Waals surface area contributed by atoms with Crippen LogP contribution in [0.1, 0.15) is 0 Å². The average Bonchev–Trinajstić information content (AvgIpc) is 3.20. The fourth-order valence-electron chi connectivity index (χ4n) is 4.13. The van der Waals surface area contributed by atoms with Crippen LogP contribution < -0.4 is 0 Å². The van der Waals surface area contributed by atoms with Crippen molar-refractivity contribution in [3.05, 3.63) is 89.4 Å². The van der Waals surface area contributed by atoms with E-state index in [-0.39, 0.29) is 0 Å². The maximum Gasteiger partial charge on any atom is 0.169 e. The summed E-state index contributed by atoms with van der Waals surface area (Å²) in [6, 6.07) is 29.5. The summed E-state index contributed by atoms with van der Waals surface area (Å²) in [5.41, 5.74) is 3.08. The number of hydrogen-bond acceptors (Lipinski definition) is 2. The molecule has 0 fully saturated rings. The second-order valence-electron chi connectivity index (χ2n) is 6.89. The molecule has 0 spiro atoms. The Hall–Kier alpha value is -3.24. The van der Waals surface area contributed by atoms with Crippen molar-refractivity contribution in [3.63, 3.8) is 0 Å². The van der Waals surface area contributed by atoms with Crippen LogP contribution in [-0.2, 0) is 0 Å². The van der Waals surface area contributed by atoms with E-state index in [1.165, 1.54) is 16.2 Å². The monoisotopic (exact) mass is 423 g/mol. The number of benzene rings is 4. The second kappa shape index (κ2) is 5.88. The smallest absolute Gasteiger partial charge is 0.169 e. The molecule has 6 aromatic rings. The summed E-state index contributed by atoms with van der Waals surface area (Å²) >= 11 is 3.67. The van der Waals surface area contributed by atoms with Gasteiger partial charge in [0.2, 0.25) is 0 Å². The summed E-state index contributed by atoms with van der Waals surface area (Å²) in [6.07, 6.45) is 0. The van der Waals surface area contributed by atoms with Gasteiger partial charge in [-0.05, 0) is 34.4 Å². The standard InChI is InChI=1S/C24H14BrN3/c25-21-14-13-20(15-7-1-3-9-17(15)21)24-27-26-23-19-11-4-2-8-16(19)18-10-5-6-12-22(18)28(23)24/h1-14H. The predicted octanol–water partition coefficient (Wildman–Crippen LogP) is 6.62. The molecule has 132 valence electrons. The van der Waals surface area contributed by atoms with Gasteiger partial charge in [-0.25, -0.2) is 0 Å². The summed E-state index contributed by atoms with van der Waals surface area (Å²) < 4.78 is 3.27. The van der Waals surface area contributed by atoms with Crippen molar-refractivity contribution >= 4 is 54.0 Å². The van der Waals surface area contributed by atoms with Gasteiger partial charge in [-0.15, -0.1) is 10.2 Å². The maximum absolute atomic E-state index is 4.64. The summed E-state index contributed by atoms with van der Waals surface area (Å²) in [5.74, 6) is 0.862. The molecule has 28 heavy (non-hydrogen) atoms. The van der Waals surface area contributed by atoms with Crippen molar-refractivity contribution in [1.82, 2.24) is 14.6 Å². The number of rotatable bonds is 1. The molecule has 0 saturated carbocycles. The molecule has 0 atom stereocenters. The van der Waals surface area contributed by atoms with E-state index in [1.54, 1.807) is 0 Å². The molecule has 2 heterocycles. The van der Waals surface area contributed by atoms with Gasteiger partial charge in [0.25, 0.3) is 0 Å². The molecule has 0 bridgehead atoms. The van der Waals surface area contributed by atoms with Crippen LogP contribution in [0.4, 0.5) is 0 Å². The first-order chi connectivity index (χ1) is 13.8. The summed E-state index contributed by atoms with van der Waals surface area (Å²) in [6.45, 7) is 0. The average molecular weight is 424 g/mol. The first kappa shape index (κ1) is 15.8. The molecule has 0 amide bonds. The molecule has 0 aliphatic heterocycles. The molecule has 6 rings (SSSR count). The Morgan fingerprint density at radius 3 is 2.04 bits per heavy atom. The molecule has 4 aromatic carbocycles. The van der Waals surface area contributed by atoms with Crippen LogP contribution in [0.2, 0.25) is 0 Å². The fourth-order valence-corrected chi connectivity index (χ4v) is 4.61. The summed E-state index contributed by atoms with van der Waals surface area (Å²) in [5, 5.41) is 15.1. The van der Waals surface area contributed by atoms with Crippen LogP contribution >= 0.6 is 15.9 Å². The number of fused-ring (bicyclic) bond motifs is 7. The van der Waals surface area contributed by atoms with Crippen LogP contribution in [-0.4, -0.2) is 14.6 Å². The zero-order valence-corrected chi connectivity index (χ0v) is 16.4. The Balaban J connectivity index is 1.84. The molecular formula is C24H14BrN3. The molecule has 0 unspecified atom stereocenters. The first-order valence-electron chi connectivity index (χ1n) is 9.15. The van der Waals surface area contributed by atoms with Crippen molar-refractivity contribution in [2.24, 2.45) is 0 Å². The molecule has 2 aromatic heterocycles. The van der Waals surface area contributed by atoms with E-state index in [1.807, 2.05) is 0 Å². The van der Waals surface area contributed by atoms with Gasteiger partial charge in [0, 0.05) is 20.8 Å². The normalized spacial score (nSPS) is 11.8. The minimum Gasteiger partial charge on any atom is -0.274 e. The number of aromatic nitrogens is 3. The minimum absolute atomic E-state index is 0.862. The van der Waals surface area contributed by atoms with Gasteiger partial charge >= 0.3 is 0 Å². The highest BCUT2D eigenvalue weighted by Crippen LogP contribution is 2.36. The number of nitrogens with zero attached hydrogens (tertiary/aromatic N) is 3. The Labute approximate surface area is 169 Å². The number of pyridine rings is 1. The van der Waals surface area contributed by atoms with E-state index in [4.69, 9.17) is 0 Å². The van der Waals surface area contributed by atoms with E-state index in [2.05, 4.69) is 115 Å². The van der Waals surface area contributed by atoms with Gasteiger partial charge in [-0.1, -0.05) is 82.7 Å². The molecule has 4 heteroatoms. The van der Waals surface area contributed by atoms with Gasteiger partial charge in [0.05, 0.1) is 5.52 Å². The van der Waals surface area contributed by atoms with Crippen molar-refractivity contribution in [3.8, 4) is 11.4 Å². The quantitative estimate of drug-likeness (QED) is 0.278. The van der Waals surface area contributed by atoms with E-state index in [0.717, 1.165) is 37.8 Å². The molecular weight excluding hydrogens is 410 g/mol. The number of para-hydroxylation sites is 1. The van der Waals surface area contributed by atoms with E-state index >= 15 is 0 Å². The van der Waals surface area contributed by atoms with Crippen LogP contribution in [0.5, 0.6) is 0 Å². The van der Waals surface area contributed by atoms with E-state index in [0.29, 0.717) is 0 Å². The van der Waals surface area contributed by atoms with E-state index in [9.17, 15) is 0 Å². The third kappa shape index (κ3) is 2.09. The SMILES string of the molecule is Brc1ccc(-c2nnc3c4ccccc4c4ccccc4n23)c2ccccc12. The highest BCUT2D eigenvalue weighted by Gasteiger charge is 2.17. The van der Waals surface area contributed by atoms with Crippen LogP contribution in [0.25, 0.3) is 49.5 Å². The van der Waals surface area contributed by atoms with Crippen molar-refractivity contribution in [2.45, 2.75) is 0 Å². The van der Waals surface area contributed by atoms with Gasteiger partial charge in [0.15, 0.2) is 11.5 Å². The van der Waals surface area contributed by atoms with Crippen molar-refractivity contribution < 1.29 is 0 Å². The lowest BCUT2D eigenvalue weighted by Crippen LogP contribution is -1.95. The van der Waals surface area contributed by atoms with Crippen LogP contribution in [0, 0.1) is 0 Å². The van der Waals surface area contributed by atoms with Gasteiger partial charge in [-0.3, -0.25) is 4.40 Å². The molecule has 0 saturated heterocycles. The molecule has 3 nitrogen and oxygen atoms in total. The van der Waals surface area contributed by atoms with E-state index < -0.39 is 0 Å².